The fraction of sp³-hybridized carbons (Fsp3) is 0.812. The second kappa shape index (κ2) is 7.29. The van der Waals surface area contributed by atoms with Gasteiger partial charge in [-0.05, 0) is 39.2 Å². The van der Waals surface area contributed by atoms with Crippen LogP contribution in [0.15, 0.2) is 4.79 Å². The molecule has 0 aromatic carbocycles. The van der Waals surface area contributed by atoms with Gasteiger partial charge in [0, 0.05) is 38.5 Å². The van der Waals surface area contributed by atoms with Crippen LogP contribution in [-0.2, 0) is 17.9 Å². The van der Waals surface area contributed by atoms with Gasteiger partial charge in [-0.15, -0.1) is 0 Å². The Labute approximate surface area is 136 Å². The van der Waals surface area contributed by atoms with E-state index in [1.807, 2.05) is 11.8 Å². The van der Waals surface area contributed by atoms with E-state index in [2.05, 4.69) is 10.4 Å². The molecule has 0 bridgehead atoms. The molecule has 7 heteroatoms. The highest BCUT2D eigenvalue weighted by molar-refractivity contribution is 5.76. The second-order valence-electron chi connectivity index (χ2n) is 6.49. The number of rotatable bonds is 5. The van der Waals surface area contributed by atoms with Crippen molar-refractivity contribution in [1.29, 1.82) is 0 Å². The molecular formula is C16H27N5O2. The van der Waals surface area contributed by atoms with Crippen LogP contribution < -0.4 is 11.0 Å². The Kier molecular flexibility index (Phi) is 5.15. The zero-order valence-corrected chi connectivity index (χ0v) is 14.0. The first kappa shape index (κ1) is 16.2. The summed E-state index contributed by atoms with van der Waals surface area (Å²) in [5.41, 5.74) is -0.0812. The molecule has 2 fully saturated rings. The zero-order valence-electron chi connectivity index (χ0n) is 14.0. The summed E-state index contributed by atoms with van der Waals surface area (Å²) in [7, 11) is 0. The number of carbonyl (C=O) groups excluding carboxylic acids is 1. The van der Waals surface area contributed by atoms with Crippen LogP contribution in [0.4, 0.5) is 0 Å². The van der Waals surface area contributed by atoms with E-state index >= 15 is 0 Å². The Morgan fingerprint density at radius 2 is 2.09 bits per heavy atom. The molecule has 1 aromatic heterocycles. The molecule has 1 amide bonds. The summed E-state index contributed by atoms with van der Waals surface area (Å²) in [4.78, 5) is 26.6. The lowest BCUT2D eigenvalue weighted by molar-refractivity contribution is -0.130. The minimum absolute atomic E-state index is 0.0812. The lowest BCUT2D eigenvalue weighted by Gasteiger charge is -2.21. The molecule has 128 valence electrons. The Bertz CT molecular complexity index is 594. The molecule has 23 heavy (non-hydrogen) atoms. The predicted octanol–water partition coefficient (Wildman–Crippen LogP) is 0.544. The van der Waals surface area contributed by atoms with E-state index in [4.69, 9.17) is 0 Å². The van der Waals surface area contributed by atoms with Crippen molar-refractivity contribution < 1.29 is 4.79 Å². The van der Waals surface area contributed by atoms with Gasteiger partial charge in [0.15, 0.2) is 0 Å². The van der Waals surface area contributed by atoms with Gasteiger partial charge in [-0.3, -0.25) is 9.36 Å². The third-order valence-corrected chi connectivity index (χ3v) is 4.93. The number of amides is 1. The monoisotopic (exact) mass is 321 g/mol. The standard InChI is InChI=1S/C16H27N5O2/c1-2-20-15(13-6-5-8-17-12-13)18-21(16(20)23)11-7-14(22)19-9-3-4-10-19/h13,17H,2-12H2,1H3/t13-/m1/s1. The Morgan fingerprint density at radius 3 is 2.74 bits per heavy atom. The van der Waals surface area contributed by atoms with Gasteiger partial charge in [0.05, 0.1) is 6.54 Å². The fourth-order valence-corrected chi connectivity index (χ4v) is 3.60. The first-order chi connectivity index (χ1) is 11.2. The third-order valence-electron chi connectivity index (χ3n) is 4.93. The number of hydrogen-bond donors (Lipinski definition) is 1. The molecule has 2 saturated heterocycles. The van der Waals surface area contributed by atoms with Gasteiger partial charge < -0.3 is 10.2 Å². The summed E-state index contributed by atoms with van der Waals surface area (Å²) in [6.45, 7) is 6.62. The van der Waals surface area contributed by atoms with E-state index in [0.717, 1.165) is 57.7 Å². The van der Waals surface area contributed by atoms with Crippen molar-refractivity contribution in [3.63, 3.8) is 0 Å². The minimum atomic E-state index is -0.0812. The van der Waals surface area contributed by atoms with Gasteiger partial charge in [-0.25, -0.2) is 9.48 Å². The molecule has 1 atom stereocenters. The normalized spacial score (nSPS) is 21.8. The predicted molar refractivity (Wildman–Crippen MR) is 87.4 cm³/mol. The first-order valence-corrected chi connectivity index (χ1v) is 8.86. The number of nitrogens with one attached hydrogen (secondary N) is 1. The van der Waals surface area contributed by atoms with E-state index < -0.39 is 0 Å². The van der Waals surface area contributed by atoms with Gasteiger partial charge in [-0.2, -0.15) is 5.10 Å². The van der Waals surface area contributed by atoms with Crippen LogP contribution in [0.2, 0.25) is 0 Å². The molecular weight excluding hydrogens is 294 g/mol. The lowest BCUT2D eigenvalue weighted by Crippen LogP contribution is -2.32. The minimum Gasteiger partial charge on any atom is -0.343 e. The summed E-state index contributed by atoms with van der Waals surface area (Å²) >= 11 is 0. The van der Waals surface area contributed by atoms with Crippen molar-refractivity contribution in [3.05, 3.63) is 16.3 Å². The average molecular weight is 321 g/mol. The highest BCUT2D eigenvalue weighted by atomic mass is 16.2. The number of nitrogens with zero attached hydrogens (tertiary/aromatic N) is 4. The fourth-order valence-electron chi connectivity index (χ4n) is 3.60. The maximum Gasteiger partial charge on any atom is 0.345 e. The quantitative estimate of drug-likeness (QED) is 0.859. The van der Waals surface area contributed by atoms with Crippen LogP contribution in [0.5, 0.6) is 0 Å². The Morgan fingerprint density at radius 1 is 1.30 bits per heavy atom. The van der Waals surface area contributed by atoms with Crippen molar-refractivity contribution >= 4 is 5.91 Å². The van der Waals surface area contributed by atoms with E-state index in [9.17, 15) is 9.59 Å². The first-order valence-electron chi connectivity index (χ1n) is 8.86. The van der Waals surface area contributed by atoms with Crippen molar-refractivity contribution in [2.24, 2.45) is 0 Å². The summed E-state index contributed by atoms with van der Waals surface area (Å²) in [5.74, 6) is 1.31. The molecule has 1 aromatic rings. The van der Waals surface area contributed by atoms with Crippen LogP contribution in [0.3, 0.4) is 0 Å². The SMILES string of the molecule is CCn1c([C@@H]2CCCNC2)nn(CCC(=O)N2CCCC2)c1=O. The Hall–Kier alpha value is -1.63. The lowest BCUT2D eigenvalue weighted by atomic mass is 9.99. The maximum absolute atomic E-state index is 12.5. The van der Waals surface area contributed by atoms with Crippen LogP contribution >= 0.6 is 0 Å². The van der Waals surface area contributed by atoms with Crippen molar-refractivity contribution in [2.75, 3.05) is 26.2 Å². The molecule has 3 heterocycles. The molecule has 0 unspecified atom stereocenters. The molecule has 3 rings (SSSR count). The Balaban J connectivity index is 1.70. The van der Waals surface area contributed by atoms with Gasteiger partial charge in [0.1, 0.15) is 5.82 Å². The largest absolute Gasteiger partial charge is 0.345 e. The van der Waals surface area contributed by atoms with Crippen LogP contribution in [0, 0.1) is 0 Å². The van der Waals surface area contributed by atoms with Gasteiger partial charge in [0.25, 0.3) is 0 Å². The zero-order chi connectivity index (χ0) is 16.2. The topological polar surface area (TPSA) is 72.2 Å². The molecule has 0 saturated carbocycles. The number of aromatic nitrogens is 3. The van der Waals surface area contributed by atoms with Gasteiger partial charge >= 0.3 is 5.69 Å². The van der Waals surface area contributed by atoms with E-state index in [-0.39, 0.29) is 11.6 Å². The average Bonchev–Trinajstić information content (AvgIpc) is 3.22. The molecule has 2 aliphatic rings. The number of carbonyl (C=O) groups is 1. The summed E-state index contributed by atoms with van der Waals surface area (Å²) in [5, 5.41) is 7.93. The molecule has 0 aliphatic carbocycles. The third kappa shape index (κ3) is 3.49. The van der Waals surface area contributed by atoms with E-state index in [1.54, 1.807) is 4.57 Å². The highest BCUT2D eigenvalue weighted by Crippen LogP contribution is 2.20. The summed E-state index contributed by atoms with van der Waals surface area (Å²) in [6, 6.07) is 0. The van der Waals surface area contributed by atoms with Crippen LogP contribution in [0.1, 0.15) is 50.8 Å². The van der Waals surface area contributed by atoms with Crippen LogP contribution in [0.25, 0.3) is 0 Å². The molecule has 7 nitrogen and oxygen atoms in total. The molecule has 0 radical (unpaired) electrons. The molecule has 2 aliphatic heterocycles. The second-order valence-corrected chi connectivity index (χ2v) is 6.49. The van der Waals surface area contributed by atoms with E-state index in [1.165, 1.54) is 4.68 Å². The van der Waals surface area contributed by atoms with Crippen molar-refractivity contribution in [3.8, 4) is 0 Å². The number of likely N-dealkylation sites (tertiary alicyclic amines) is 1. The smallest absolute Gasteiger partial charge is 0.343 e. The highest BCUT2D eigenvalue weighted by Gasteiger charge is 2.24. The van der Waals surface area contributed by atoms with Gasteiger partial charge in [-0.1, -0.05) is 0 Å². The number of piperidine rings is 1. The van der Waals surface area contributed by atoms with Crippen molar-refractivity contribution in [1.82, 2.24) is 24.6 Å². The number of aryl methyl sites for hydroxylation is 1. The maximum atomic E-state index is 12.5. The van der Waals surface area contributed by atoms with E-state index in [0.29, 0.717) is 25.4 Å². The number of hydrogen-bond acceptors (Lipinski definition) is 4. The molecule has 0 spiro atoms. The summed E-state index contributed by atoms with van der Waals surface area (Å²) in [6.07, 6.45) is 4.73. The van der Waals surface area contributed by atoms with Crippen LogP contribution in [-0.4, -0.2) is 51.3 Å². The summed E-state index contributed by atoms with van der Waals surface area (Å²) < 4.78 is 3.25. The molecule has 1 N–H and O–H groups in total. The van der Waals surface area contributed by atoms with Crippen molar-refractivity contribution in [2.45, 2.75) is 58.0 Å². The van der Waals surface area contributed by atoms with Gasteiger partial charge in [0.2, 0.25) is 5.91 Å².